The SMILES string of the molecule is Nc1cnc(N2CCC(O)CC2)c(Br)c1. The zero-order valence-corrected chi connectivity index (χ0v) is 9.94. The molecule has 15 heavy (non-hydrogen) atoms. The summed E-state index contributed by atoms with van der Waals surface area (Å²) in [4.78, 5) is 6.46. The molecule has 0 unspecified atom stereocenters. The van der Waals surface area contributed by atoms with Gasteiger partial charge < -0.3 is 15.7 Å². The quantitative estimate of drug-likeness (QED) is 0.811. The Morgan fingerprint density at radius 2 is 2.13 bits per heavy atom. The predicted octanol–water partition coefficient (Wildman–Crippen LogP) is 1.39. The van der Waals surface area contributed by atoms with Gasteiger partial charge in [0.05, 0.1) is 22.5 Å². The molecular formula is C10H14BrN3O. The third-order valence-corrected chi connectivity index (χ3v) is 3.19. The molecule has 0 amide bonds. The van der Waals surface area contributed by atoms with Crippen molar-refractivity contribution in [3.63, 3.8) is 0 Å². The first-order valence-electron chi connectivity index (χ1n) is 5.01. The molecule has 0 aromatic carbocycles. The summed E-state index contributed by atoms with van der Waals surface area (Å²) in [5.74, 6) is 0.913. The third-order valence-electron chi connectivity index (χ3n) is 2.61. The molecule has 4 nitrogen and oxygen atoms in total. The molecular weight excluding hydrogens is 258 g/mol. The van der Waals surface area contributed by atoms with Crippen molar-refractivity contribution in [2.75, 3.05) is 23.7 Å². The summed E-state index contributed by atoms with van der Waals surface area (Å²) in [5.41, 5.74) is 6.28. The van der Waals surface area contributed by atoms with Crippen LogP contribution in [-0.2, 0) is 0 Å². The van der Waals surface area contributed by atoms with E-state index in [-0.39, 0.29) is 6.10 Å². The van der Waals surface area contributed by atoms with Crippen LogP contribution in [0.4, 0.5) is 11.5 Å². The van der Waals surface area contributed by atoms with E-state index in [2.05, 4.69) is 25.8 Å². The van der Waals surface area contributed by atoms with Gasteiger partial charge in [-0.2, -0.15) is 0 Å². The van der Waals surface area contributed by atoms with Gasteiger partial charge in [0.25, 0.3) is 0 Å². The third kappa shape index (κ3) is 2.41. The number of aliphatic hydroxyl groups excluding tert-OH is 1. The largest absolute Gasteiger partial charge is 0.397 e. The summed E-state index contributed by atoms with van der Waals surface area (Å²) in [5, 5.41) is 9.41. The van der Waals surface area contributed by atoms with E-state index in [1.165, 1.54) is 0 Å². The zero-order chi connectivity index (χ0) is 10.8. The van der Waals surface area contributed by atoms with Gasteiger partial charge in [-0.05, 0) is 34.8 Å². The number of anilines is 2. The number of hydrogen-bond donors (Lipinski definition) is 2. The van der Waals surface area contributed by atoms with Crippen LogP contribution in [0.3, 0.4) is 0 Å². The second-order valence-corrected chi connectivity index (χ2v) is 4.65. The molecule has 2 rings (SSSR count). The molecule has 0 atom stereocenters. The summed E-state index contributed by atoms with van der Waals surface area (Å²) in [7, 11) is 0. The maximum Gasteiger partial charge on any atom is 0.143 e. The molecule has 3 N–H and O–H groups in total. The van der Waals surface area contributed by atoms with Crippen molar-refractivity contribution in [2.24, 2.45) is 0 Å². The molecule has 5 heteroatoms. The van der Waals surface area contributed by atoms with Crippen LogP contribution >= 0.6 is 15.9 Å². The van der Waals surface area contributed by atoms with Crippen molar-refractivity contribution in [3.8, 4) is 0 Å². The van der Waals surface area contributed by atoms with Crippen molar-refractivity contribution in [1.82, 2.24) is 4.98 Å². The number of rotatable bonds is 1. The topological polar surface area (TPSA) is 62.4 Å². The van der Waals surface area contributed by atoms with Gasteiger partial charge in [0.2, 0.25) is 0 Å². The number of piperidine rings is 1. The highest BCUT2D eigenvalue weighted by Crippen LogP contribution is 2.27. The van der Waals surface area contributed by atoms with Gasteiger partial charge in [-0.1, -0.05) is 0 Å². The minimum Gasteiger partial charge on any atom is -0.397 e. The van der Waals surface area contributed by atoms with Crippen LogP contribution in [0.1, 0.15) is 12.8 Å². The highest BCUT2D eigenvalue weighted by molar-refractivity contribution is 9.10. The lowest BCUT2D eigenvalue weighted by atomic mass is 10.1. The normalized spacial score (nSPS) is 18.1. The van der Waals surface area contributed by atoms with E-state index in [0.29, 0.717) is 5.69 Å². The Balaban J connectivity index is 2.15. The van der Waals surface area contributed by atoms with Crippen LogP contribution in [0.5, 0.6) is 0 Å². The second kappa shape index (κ2) is 4.37. The average molecular weight is 272 g/mol. The van der Waals surface area contributed by atoms with Crippen LogP contribution in [0, 0.1) is 0 Å². The minimum absolute atomic E-state index is 0.159. The Morgan fingerprint density at radius 3 is 2.73 bits per heavy atom. The van der Waals surface area contributed by atoms with Crippen molar-refractivity contribution < 1.29 is 5.11 Å². The molecule has 0 radical (unpaired) electrons. The highest BCUT2D eigenvalue weighted by atomic mass is 79.9. The number of nitrogens with two attached hydrogens (primary N) is 1. The Bertz CT molecular complexity index is 351. The predicted molar refractivity (Wildman–Crippen MR) is 63.8 cm³/mol. The van der Waals surface area contributed by atoms with E-state index >= 15 is 0 Å². The molecule has 1 aromatic heterocycles. The number of aromatic nitrogens is 1. The number of hydrogen-bond acceptors (Lipinski definition) is 4. The summed E-state index contributed by atoms with van der Waals surface area (Å²) < 4.78 is 0.916. The molecule has 2 heterocycles. The number of nitrogen functional groups attached to an aromatic ring is 1. The Hall–Kier alpha value is -0.810. The molecule has 0 saturated carbocycles. The first-order valence-corrected chi connectivity index (χ1v) is 5.80. The first kappa shape index (κ1) is 10.7. The van der Waals surface area contributed by atoms with E-state index in [1.807, 2.05) is 6.07 Å². The van der Waals surface area contributed by atoms with E-state index in [9.17, 15) is 5.11 Å². The van der Waals surface area contributed by atoms with Crippen LogP contribution in [0.15, 0.2) is 16.7 Å². The molecule has 0 aliphatic carbocycles. The molecule has 82 valence electrons. The molecule has 1 fully saturated rings. The summed E-state index contributed by atoms with van der Waals surface area (Å²) in [6, 6.07) is 1.85. The minimum atomic E-state index is -0.159. The van der Waals surface area contributed by atoms with Gasteiger partial charge in [-0.25, -0.2) is 4.98 Å². The maximum atomic E-state index is 9.41. The van der Waals surface area contributed by atoms with Crippen LogP contribution < -0.4 is 10.6 Å². The lowest BCUT2D eigenvalue weighted by molar-refractivity contribution is 0.145. The maximum absolute atomic E-state index is 9.41. The van der Waals surface area contributed by atoms with E-state index < -0.39 is 0 Å². The van der Waals surface area contributed by atoms with Gasteiger partial charge in [-0.3, -0.25) is 0 Å². The zero-order valence-electron chi connectivity index (χ0n) is 8.36. The molecule has 0 bridgehead atoms. The summed E-state index contributed by atoms with van der Waals surface area (Å²) >= 11 is 3.45. The Kier molecular flexibility index (Phi) is 3.11. The molecule has 1 aliphatic heterocycles. The number of pyridine rings is 1. The van der Waals surface area contributed by atoms with Gasteiger partial charge in [0, 0.05) is 13.1 Å². The van der Waals surface area contributed by atoms with Crippen molar-refractivity contribution in [3.05, 3.63) is 16.7 Å². The lowest BCUT2D eigenvalue weighted by Crippen LogP contribution is -2.36. The van der Waals surface area contributed by atoms with Gasteiger partial charge in [0.15, 0.2) is 0 Å². The van der Waals surface area contributed by atoms with E-state index in [4.69, 9.17) is 5.73 Å². The summed E-state index contributed by atoms with van der Waals surface area (Å²) in [6.07, 6.45) is 3.11. The van der Waals surface area contributed by atoms with Gasteiger partial charge >= 0.3 is 0 Å². The van der Waals surface area contributed by atoms with Crippen LogP contribution in [0.2, 0.25) is 0 Å². The molecule has 1 aliphatic rings. The molecule has 1 saturated heterocycles. The first-order chi connectivity index (χ1) is 7.16. The number of halogens is 1. The van der Waals surface area contributed by atoms with Gasteiger partial charge in [0.1, 0.15) is 5.82 Å². The smallest absolute Gasteiger partial charge is 0.143 e. The average Bonchev–Trinajstić information content (AvgIpc) is 2.20. The molecule has 0 spiro atoms. The van der Waals surface area contributed by atoms with Gasteiger partial charge in [-0.15, -0.1) is 0 Å². The number of aliphatic hydroxyl groups is 1. The monoisotopic (exact) mass is 271 g/mol. The van der Waals surface area contributed by atoms with E-state index in [0.717, 1.165) is 36.2 Å². The fourth-order valence-corrected chi connectivity index (χ4v) is 2.37. The number of nitrogens with zero attached hydrogens (tertiary/aromatic N) is 2. The van der Waals surface area contributed by atoms with E-state index in [1.54, 1.807) is 6.20 Å². The fraction of sp³-hybridized carbons (Fsp3) is 0.500. The van der Waals surface area contributed by atoms with Crippen LogP contribution in [0.25, 0.3) is 0 Å². The Labute approximate surface area is 97.2 Å². The van der Waals surface area contributed by atoms with Crippen LogP contribution in [-0.4, -0.2) is 29.3 Å². The second-order valence-electron chi connectivity index (χ2n) is 3.79. The lowest BCUT2D eigenvalue weighted by Gasteiger charge is -2.31. The van der Waals surface area contributed by atoms with Crippen molar-refractivity contribution in [2.45, 2.75) is 18.9 Å². The van der Waals surface area contributed by atoms with Crippen molar-refractivity contribution >= 4 is 27.4 Å². The standard InChI is InChI=1S/C10H14BrN3O/c11-9-5-7(12)6-13-10(9)14-3-1-8(15)2-4-14/h5-6,8,15H,1-4,12H2. The fourth-order valence-electron chi connectivity index (χ4n) is 1.76. The summed E-state index contributed by atoms with van der Waals surface area (Å²) in [6.45, 7) is 1.69. The highest BCUT2D eigenvalue weighted by Gasteiger charge is 2.19. The Morgan fingerprint density at radius 1 is 1.47 bits per heavy atom. The van der Waals surface area contributed by atoms with Crippen molar-refractivity contribution in [1.29, 1.82) is 0 Å². The molecule has 1 aromatic rings.